The molecule has 1 rings (SSSR count). The van der Waals surface area contributed by atoms with Crippen LogP contribution in [0.4, 0.5) is 0 Å². The van der Waals surface area contributed by atoms with Crippen LogP contribution in [0.2, 0.25) is 0 Å². The lowest BCUT2D eigenvalue weighted by molar-refractivity contribution is 0.384. The molecule has 0 aromatic carbocycles. The van der Waals surface area contributed by atoms with Crippen LogP contribution in [-0.4, -0.2) is 25.2 Å². The summed E-state index contributed by atoms with van der Waals surface area (Å²) in [5.74, 6) is -0.237. The van der Waals surface area contributed by atoms with Gasteiger partial charge in [0.05, 0.1) is 4.99 Å². The molecule has 3 N–H and O–H groups in total. The van der Waals surface area contributed by atoms with Crippen molar-refractivity contribution >= 4 is 27.2 Å². The van der Waals surface area contributed by atoms with E-state index < -0.39 is 10.0 Å². The fourth-order valence-corrected chi connectivity index (χ4v) is 2.68. The standard InChI is InChI=1S/C6H12N2O2S2/c7-6(11)4-12(9,10)8-5-2-1-3-5/h5,8H,1-4H2,(H2,7,11). The Labute approximate surface area is 77.6 Å². The van der Waals surface area contributed by atoms with E-state index in [0.29, 0.717) is 0 Å². The summed E-state index contributed by atoms with van der Waals surface area (Å²) in [6.45, 7) is 0. The number of nitrogens with one attached hydrogen (secondary N) is 1. The third-order valence-electron chi connectivity index (χ3n) is 1.78. The summed E-state index contributed by atoms with van der Waals surface area (Å²) >= 11 is 4.51. The molecule has 0 aromatic heterocycles. The van der Waals surface area contributed by atoms with E-state index in [2.05, 4.69) is 16.9 Å². The Balaban J connectivity index is 2.42. The fraction of sp³-hybridized carbons (Fsp3) is 0.833. The van der Waals surface area contributed by atoms with E-state index in [-0.39, 0.29) is 16.8 Å². The van der Waals surface area contributed by atoms with Gasteiger partial charge in [0, 0.05) is 6.04 Å². The van der Waals surface area contributed by atoms with Crippen LogP contribution >= 0.6 is 12.2 Å². The molecule has 1 aliphatic rings. The second kappa shape index (κ2) is 3.68. The Kier molecular flexibility index (Phi) is 3.03. The Morgan fingerprint density at radius 3 is 2.50 bits per heavy atom. The summed E-state index contributed by atoms with van der Waals surface area (Å²) in [5, 5.41) is 0. The molecule has 12 heavy (non-hydrogen) atoms. The van der Waals surface area contributed by atoms with Gasteiger partial charge in [0.15, 0.2) is 0 Å². The summed E-state index contributed by atoms with van der Waals surface area (Å²) in [4.78, 5) is 0.0156. The highest BCUT2D eigenvalue weighted by molar-refractivity contribution is 7.92. The molecular formula is C6H12N2O2S2. The predicted molar refractivity (Wildman–Crippen MR) is 51.3 cm³/mol. The fourth-order valence-electron chi connectivity index (χ4n) is 1.01. The molecule has 0 aliphatic heterocycles. The molecular weight excluding hydrogens is 196 g/mol. The summed E-state index contributed by atoms with van der Waals surface area (Å²) in [5.41, 5.74) is 5.13. The van der Waals surface area contributed by atoms with Crippen LogP contribution in [0.3, 0.4) is 0 Å². The quantitative estimate of drug-likeness (QED) is 0.625. The molecule has 1 saturated carbocycles. The van der Waals surface area contributed by atoms with E-state index >= 15 is 0 Å². The van der Waals surface area contributed by atoms with Crippen molar-refractivity contribution < 1.29 is 8.42 Å². The van der Waals surface area contributed by atoms with E-state index in [9.17, 15) is 8.42 Å². The highest BCUT2D eigenvalue weighted by atomic mass is 32.2. The van der Waals surface area contributed by atoms with Crippen LogP contribution in [0.1, 0.15) is 19.3 Å². The number of rotatable bonds is 4. The minimum atomic E-state index is -3.26. The lowest BCUT2D eigenvalue weighted by atomic mass is 9.94. The lowest BCUT2D eigenvalue weighted by Gasteiger charge is -2.25. The zero-order chi connectivity index (χ0) is 9.19. The molecule has 0 unspecified atom stereocenters. The van der Waals surface area contributed by atoms with Crippen LogP contribution in [0.25, 0.3) is 0 Å². The van der Waals surface area contributed by atoms with Crippen LogP contribution in [0.15, 0.2) is 0 Å². The van der Waals surface area contributed by atoms with Gasteiger partial charge < -0.3 is 5.73 Å². The molecule has 0 radical (unpaired) electrons. The van der Waals surface area contributed by atoms with Crippen LogP contribution < -0.4 is 10.5 Å². The smallest absolute Gasteiger partial charge is 0.218 e. The number of hydrogen-bond donors (Lipinski definition) is 2. The van der Waals surface area contributed by atoms with Crippen LogP contribution in [-0.2, 0) is 10.0 Å². The molecule has 0 amide bonds. The zero-order valence-electron chi connectivity index (χ0n) is 6.62. The molecule has 0 aromatic rings. The van der Waals surface area contributed by atoms with Gasteiger partial charge in [-0.25, -0.2) is 13.1 Å². The number of thiocarbonyl (C=S) groups is 1. The van der Waals surface area contributed by atoms with Gasteiger partial charge in [-0.3, -0.25) is 0 Å². The first-order valence-electron chi connectivity index (χ1n) is 3.78. The summed E-state index contributed by atoms with van der Waals surface area (Å²) in [6, 6.07) is 0.115. The first-order chi connectivity index (χ1) is 5.49. The highest BCUT2D eigenvalue weighted by Crippen LogP contribution is 2.18. The van der Waals surface area contributed by atoms with Gasteiger partial charge in [-0.05, 0) is 12.8 Å². The summed E-state index contributed by atoms with van der Waals surface area (Å²) < 4.78 is 24.9. The summed E-state index contributed by atoms with van der Waals surface area (Å²) in [6.07, 6.45) is 2.95. The monoisotopic (exact) mass is 208 g/mol. The minimum absolute atomic E-state index is 0.0156. The third-order valence-corrected chi connectivity index (χ3v) is 3.49. The second-order valence-electron chi connectivity index (χ2n) is 2.97. The van der Waals surface area contributed by atoms with Gasteiger partial charge in [0.1, 0.15) is 5.75 Å². The van der Waals surface area contributed by atoms with Gasteiger partial charge in [-0.2, -0.15) is 0 Å². The SMILES string of the molecule is NC(=S)CS(=O)(=O)NC1CCC1. The number of hydrogen-bond acceptors (Lipinski definition) is 3. The Bertz CT molecular complexity index is 269. The van der Waals surface area contributed by atoms with Crippen LogP contribution in [0, 0.1) is 0 Å². The molecule has 0 atom stereocenters. The average Bonchev–Trinajstić information content (AvgIpc) is 1.76. The number of sulfonamides is 1. The molecule has 0 heterocycles. The molecule has 0 spiro atoms. The van der Waals surface area contributed by atoms with E-state index in [1.54, 1.807) is 0 Å². The minimum Gasteiger partial charge on any atom is -0.392 e. The van der Waals surface area contributed by atoms with E-state index in [1.165, 1.54) is 0 Å². The van der Waals surface area contributed by atoms with E-state index in [1.807, 2.05) is 0 Å². The molecule has 6 heteroatoms. The molecule has 0 saturated heterocycles. The van der Waals surface area contributed by atoms with E-state index in [4.69, 9.17) is 5.73 Å². The van der Waals surface area contributed by atoms with E-state index in [0.717, 1.165) is 19.3 Å². The lowest BCUT2D eigenvalue weighted by Crippen LogP contribution is -2.42. The Hall–Kier alpha value is -0.200. The Morgan fingerprint density at radius 1 is 1.58 bits per heavy atom. The average molecular weight is 208 g/mol. The topological polar surface area (TPSA) is 72.2 Å². The van der Waals surface area contributed by atoms with Gasteiger partial charge in [0.2, 0.25) is 10.0 Å². The molecule has 1 fully saturated rings. The van der Waals surface area contributed by atoms with Crippen molar-refractivity contribution in [1.82, 2.24) is 4.72 Å². The van der Waals surface area contributed by atoms with Gasteiger partial charge >= 0.3 is 0 Å². The third kappa shape index (κ3) is 3.04. The second-order valence-corrected chi connectivity index (χ2v) is 5.25. The van der Waals surface area contributed by atoms with Crippen molar-refractivity contribution in [2.45, 2.75) is 25.3 Å². The van der Waals surface area contributed by atoms with Crippen molar-refractivity contribution in [2.75, 3.05) is 5.75 Å². The first kappa shape index (κ1) is 9.88. The maximum absolute atomic E-state index is 11.2. The largest absolute Gasteiger partial charge is 0.392 e. The van der Waals surface area contributed by atoms with Crippen molar-refractivity contribution in [3.05, 3.63) is 0 Å². The zero-order valence-corrected chi connectivity index (χ0v) is 8.25. The molecule has 1 aliphatic carbocycles. The Morgan fingerprint density at radius 2 is 2.17 bits per heavy atom. The van der Waals surface area contributed by atoms with Crippen molar-refractivity contribution in [1.29, 1.82) is 0 Å². The molecule has 4 nitrogen and oxygen atoms in total. The maximum Gasteiger partial charge on any atom is 0.218 e. The van der Waals surface area contributed by atoms with Gasteiger partial charge in [-0.15, -0.1) is 0 Å². The molecule has 70 valence electrons. The van der Waals surface area contributed by atoms with Gasteiger partial charge in [0.25, 0.3) is 0 Å². The van der Waals surface area contributed by atoms with Crippen molar-refractivity contribution in [3.8, 4) is 0 Å². The van der Waals surface area contributed by atoms with Gasteiger partial charge in [-0.1, -0.05) is 18.6 Å². The van der Waals surface area contributed by atoms with Crippen molar-refractivity contribution in [2.24, 2.45) is 5.73 Å². The number of nitrogens with two attached hydrogens (primary N) is 1. The maximum atomic E-state index is 11.2. The predicted octanol–water partition coefficient (Wildman–Crippen LogP) is -0.256. The summed E-state index contributed by atoms with van der Waals surface area (Å²) in [7, 11) is -3.26. The molecule has 0 bridgehead atoms. The highest BCUT2D eigenvalue weighted by Gasteiger charge is 2.23. The van der Waals surface area contributed by atoms with Crippen LogP contribution in [0.5, 0.6) is 0 Å². The first-order valence-corrected chi connectivity index (χ1v) is 5.84. The normalized spacial score (nSPS) is 18.7. The van der Waals surface area contributed by atoms with Crippen molar-refractivity contribution in [3.63, 3.8) is 0 Å².